The third kappa shape index (κ3) is 3.62. The Morgan fingerprint density at radius 1 is 1.15 bits per heavy atom. The van der Waals surface area contributed by atoms with Gasteiger partial charge in [-0.25, -0.2) is 4.79 Å². The van der Waals surface area contributed by atoms with E-state index in [1.165, 1.54) is 0 Å². The molecule has 2 aliphatic heterocycles. The molecule has 4 rings (SSSR count). The Morgan fingerprint density at radius 3 is 2.67 bits per heavy atom. The van der Waals surface area contributed by atoms with Gasteiger partial charge in [0.05, 0.1) is 5.56 Å². The minimum atomic E-state index is -0.519. The zero-order chi connectivity index (χ0) is 19.2. The fourth-order valence-electron chi connectivity index (χ4n) is 5.22. The predicted molar refractivity (Wildman–Crippen MR) is 99.0 cm³/mol. The van der Waals surface area contributed by atoms with E-state index in [4.69, 9.17) is 14.2 Å². The van der Waals surface area contributed by atoms with E-state index in [-0.39, 0.29) is 29.4 Å². The molecular weight excluding hydrogens is 346 g/mol. The van der Waals surface area contributed by atoms with E-state index in [2.05, 4.69) is 20.8 Å². The van der Waals surface area contributed by atoms with Crippen LogP contribution in [0.25, 0.3) is 0 Å². The van der Waals surface area contributed by atoms with Crippen molar-refractivity contribution in [1.82, 2.24) is 4.90 Å². The summed E-state index contributed by atoms with van der Waals surface area (Å²) in [6.07, 6.45) is 3.17. The average Bonchev–Trinajstić information content (AvgIpc) is 2.87. The Kier molecular flexibility index (Phi) is 4.32. The summed E-state index contributed by atoms with van der Waals surface area (Å²) in [5, 5.41) is 0. The van der Waals surface area contributed by atoms with Crippen LogP contribution < -0.4 is 9.47 Å². The molecule has 27 heavy (non-hydrogen) atoms. The monoisotopic (exact) mass is 373 g/mol. The Labute approximate surface area is 159 Å². The lowest BCUT2D eigenvalue weighted by Gasteiger charge is -2.39. The first kappa shape index (κ1) is 18.1. The maximum Gasteiger partial charge on any atom is 0.338 e. The quantitative estimate of drug-likeness (QED) is 0.762. The van der Waals surface area contributed by atoms with Crippen molar-refractivity contribution in [3.63, 3.8) is 0 Å². The van der Waals surface area contributed by atoms with Gasteiger partial charge in [0, 0.05) is 12.6 Å². The highest BCUT2D eigenvalue weighted by atomic mass is 16.6. The molecule has 6 heteroatoms. The summed E-state index contributed by atoms with van der Waals surface area (Å²) in [5.41, 5.74) is 0.775. The van der Waals surface area contributed by atoms with E-state index in [1.54, 1.807) is 18.2 Å². The molecule has 2 heterocycles. The smallest absolute Gasteiger partial charge is 0.338 e. The van der Waals surface area contributed by atoms with Gasteiger partial charge < -0.3 is 19.1 Å². The van der Waals surface area contributed by atoms with Crippen LogP contribution in [0.2, 0.25) is 0 Å². The first-order valence-electron chi connectivity index (χ1n) is 9.61. The summed E-state index contributed by atoms with van der Waals surface area (Å²) in [4.78, 5) is 27.0. The standard InChI is InChI=1S/C21H27NO5/c1-20(2)9-15-10-21(3,12-20)13-22(15)18(23)11-27-19(24)14-4-5-16-17(8-14)26-7-6-25-16/h4-5,8,15H,6-7,9-13H2,1-3H3/t15-,21+/m0/s1. The zero-order valence-electron chi connectivity index (χ0n) is 16.2. The van der Waals surface area contributed by atoms with Crippen LogP contribution in [0.5, 0.6) is 11.5 Å². The van der Waals surface area contributed by atoms with Gasteiger partial charge in [0.25, 0.3) is 5.91 Å². The summed E-state index contributed by atoms with van der Waals surface area (Å²) in [5.74, 6) is 0.529. The van der Waals surface area contributed by atoms with Gasteiger partial charge in [-0.1, -0.05) is 20.8 Å². The molecule has 1 saturated carbocycles. The highest BCUT2D eigenvalue weighted by Crippen LogP contribution is 2.52. The average molecular weight is 373 g/mol. The number of hydrogen-bond donors (Lipinski definition) is 0. The van der Waals surface area contributed by atoms with Crippen molar-refractivity contribution in [2.75, 3.05) is 26.4 Å². The molecule has 2 bridgehead atoms. The first-order chi connectivity index (χ1) is 12.7. The van der Waals surface area contributed by atoms with Crippen molar-refractivity contribution in [2.24, 2.45) is 10.8 Å². The molecule has 1 aliphatic carbocycles. The van der Waals surface area contributed by atoms with Gasteiger partial charge in [0.15, 0.2) is 18.1 Å². The second kappa shape index (κ2) is 6.43. The fraction of sp³-hybridized carbons (Fsp3) is 0.619. The highest BCUT2D eigenvalue weighted by molar-refractivity contribution is 5.92. The number of hydrogen-bond acceptors (Lipinski definition) is 5. The van der Waals surface area contributed by atoms with Crippen LogP contribution in [0.3, 0.4) is 0 Å². The van der Waals surface area contributed by atoms with Crippen LogP contribution in [0, 0.1) is 10.8 Å². The topological polar surface area (TPSA) is 65.1 Å². The predicted octanol–water partition coefficient (Wildman–Crippen LogP) is 3.04. The zero-order valence-corrected chi connectivity index (χ0v) is 16.2. The molecule has 1 amide bonds. The summed E-state index contributed by atoms with van der Waals surface area (Å²) in [6.45, 7) is 8.28. The van der Waals surface area contributed by atoms with Crippen molar-refractivity contribution in [3.05, 3.63) is 23.8 Å². The Balaban J connectivity index is 1.38. The van der Waals surface area contributed by atoms with Crippen molar-refractivity contribution in [3.8, 4) is 11.5 Å². The van der Waals surface area contributed by atoms with Crippen molar-refractivity contribution in [2.45, 2.75) is 46.1 Å². The van der Waals surface area contributed by atoms with Gasteiger partial charge in [0.1, 0.15) is 13.2 Å². The fourth-order valence-corrected chi connectivity index (χ4v) is 5.22. The third-order valence-electron chi connectivity index (χ3n) is 5.84. The summed E-state index contributed by atoms with van der Waals surface area (Å²) in [6, 6.07) is 5.18. The van der Waals surface area contributed by atoms with Gasteiger partial charge in [0.2, 0.25) is 0 Å². The van der Waals surface area contributed by atoms with E-state index in [1.807, 2.05) is 4.90 Å². The second-order valence-corrected chi connectivity index (χ2v) is 9.17. The normalized spacial score (nSPS) is 28.0. The number of esters is 1. The maximum absolute atomic E-state index is 12.7. The van der Waals surface area contributed by atoms with E-state index in [9.17, 15) is 9.59 Å². The number of ether oxygens (including phenoxy) is 3. The lowest BCUT2D eigenvalue weighted by atomic mass is 9.65. The highest BCUT2D eigenvalue weighted by Gasteiger charge is 2.50. The molecule has 0 aromatic heterocycles. The third-order valence-corrected chi connectivity index (χ3v) is 5.84. The molecule has 1 aromatic carbocycles. The van der Waals surface area contributed by atoms with Crippen LogP contribution in [0.4, 0.5) is 0 Å². The number of carbonyl (C=O) groups excluding carboxylic acids is 2. The summed E-state index contributed by atoms with van der Waals surface area (Å²) >= 11 is 0. The Bertz CT molecular complexity index is 774. The lowest BCUT2D eigenvalue weighted by Crippen LogP contribution is -2.39. The molecule has 0 radical (unpaired) electrons. The van der Waals surface area contributed by atoms with Gasteiger partial charge in [-0.15, -0.1) is 0 Å². The van der Waals surface area contributed by atoms with Crippen LogP contribution in [0.1, 0.15) is 50.4 Å². The minimum absolute atomic E-state index is 0.104. The lowest BCUT2D eigenvalue weighted by molar-refractivity contribution is -0.135. The minimum Gasteiger partial charge on any atom is -0.486 e. The largest absolute Gasteiger partial charge is 0.486 e. The summed E-state index contributed by atoms with van der Waals surface area (Å²) in [7, 11) is 0. The molecule has 2 fully saturated rings. The van der Waals surface area contributed by atoms with Crippen LogP contribution in [-0.2, 0) is 9.53 Å². The first-order valence-corrected chi connectivity index (χ1v) is 9.61. The number of rotatable bonds is 3. The van der Waals surface area contributed by atoms with Gasteiger partial charge >= 0.3 is 5.97 Å². The molecule has 3 aliphatic rings. The molecule has 1 aromatic rings. The number of nitrogens with zero attached hydrogens (tertiary/aromatic N) is 1. The van der Waals surface area contributed by atoms with Crippen molar-refractivity contribution >= 4 is 11.9 Å². The molecule has 0 N–H and O–H groups in total. The molecule has 146 valence electrons. The van der Waals surface area contributed by atoms with Crippen LogP contribution in [-0.4, -0.2) is 49.2 Å². The molecule has 0 unspecified atom stereocenters. The number of benzene rings is 1. The van der Waals surface area contributed by atoms with E-state index >= 15 is 0 Å². The van der Waals surface area contributed by atoms with Crippen LogP contribution >= 0.6 is 0 Å². The van der Waals surface area contributed by atoms with E-state index in [0.717, 1.165) is 25.8 Å². The van der Waals surface area contributed by atoms with E-state index in [0.29, 0.717) is 30.3 Å². The molecule has 6 nitrogen and oxygen atoms in total. The Morgan fingerprint density at radius 2 is 1.89 bits per heavy atom. The molecule has 0 spiro atoms. The SMILES string of the molecule is CC1(C)C[C@H]2C[C@@](C)(CN2C(=O)COC(=O)c2ccc3c(c2)OCCO3)C1. The van der Waals surface area contributed by atoms with Gasteiger partial charge in [-0.3, -0.25) is 4.79 Å². The second-order valence-electron chi connectivity index (χ2n) is 9.17. The molecular formula is C21H27NO5. The van der Waals surface area contributed by atoms with Crippen molar-refractivity contribution < 1.29 is 23.8 Å². The maximum atomic E-state index is 12.7. The number of likely N-dealkylation sites (tertiary alicyclic amines) is 1. The van der Waals surface area contributed by atoms with E-state index < -0.39 is 5.97 Å². The number of fused-ring (bicyclic) bond motifs is 3. The molecule has 1 saturated heterocycles. The van der Waals surface area contributed by atoms with Crippen molar-refractivity contribution in [1.29, 1.82) is 0 Å². The molecule has 2 atom stereocenters. The summed E-state index contributed by atoms with van der Waals surface area (Å²) < 4.78 is 16.2. The van der Waals surface area contributed by atoms with Crippen LogP contribution in [0.15, 0.2) is 18.2 Å². The number of amides is 1. The number of carbonyl (C=O) groups is 2. The van der Waals surface area contributed by atoms with Gasteiger partial charge in [-0.2, -0.15) is 0 Å². The Hall–Kier alpha value is -2.24. The van der Waals surface area contributed by atoms with Gasteiger partial charge in [-0.05, 0) is 48.3 Å².